The van der Waals surface area contributed by atoms with Gasteiger partial charge in [-0.1, -0.05) is 30.3 Å². The number of urea groups is 1. The highest BCUT2D eigenvalue weighted by Gasteiger charge is 2.39. The van der Waals surface area contributed by atoms with Crippen molar-refractivity contribution in [1.29, 1.82) is 0 Å². The lowest BCUT2D eigenvalue weighted by Crippen LogP contribution is -2.48. The van der Waals surface area contributed by atoms with E-state index in [9.17, 15) is 9.18 Å². The molecule has 0 aliphatic carbocycles. The molecular weight excluding hydrogens is 448 g/mol. The van der Waals surface area contributed by atoms with E-state index < -0.39 is 5.95 Å². The number of fused-ring (bicyclic) bond motifs is 2. The third-order valence-electron chi connectivity index (χ3n) is 6.90. The summed E-state index contributed by atoms with van der Waals surface area (Å²) in [5.41, 5.74) is 4.18. The van der Waals surface area contributed by atoms with Gasteiger partial charge in [0.2, 0.25) is 5.95 Å². The minimum atomic E-state index is -0.550. The van der Waals surface area contributed by atoms with Gasteiger partial charge in [-0.05, 0) is 67.2 Å². The number of carbonyl (C=O) groups is 1. The highest BCUT2D eigenvalue weighted by Crippen LogP contribution is 2.39. The van der Waals surface area contributed by atoms with Gasteiger partial charge in [0.05, 0.1) is 13.2 Å². The zero-order valence-corrected chi connectivity index (χ0v) is 19.7. The number of aryl methyl sites for hydroxylation is 1. The molecule has 2 amide bonds. The fourth-order valence-corrected chi connectivity index (χ4v) is 5.03. The van der Waals surface area contributed by atoms with Crippen LogP contribution in [0.4, 0.5) is 13.6 Å². The van der Waals surface area contributed by atoms with E-state index in [0.29, 0.717) is 29.7 Å². The summed E-state index contributed by atoms with van der Waals surface area (Å²) in [5.74, 6) is -0.143. The number of carbonyl (C=O) groups excluding carboxylic acids is 1. The van der Waals surface area contributed by atoms with Crippen molar-refractivity contribution >= 4 is 11.6 Å². The number of benzene rings is 2. The number of amides is 2. The predicted octanol–water partition coefficient (Wildman–Crippen LogP) is 5.87. The fraction of sp³-hybridized carbons (Fsp3) is 0.286. The summed E-state index contributed by atoms with van der Waals surface area (Å²) in [5, 5.41) is 3.03. The van der Waals surface area contributed by atoms with Crippen LogP contribution >= 0.6 is 0 Å². The fourth-order valence-electron chi connectivity index (χ4n) is 5.03. The second kappa shape index (κ2) is 9.49. The molecule has 3 aromatic rings. The van der Waals surface area contributed by atoms with Crippen LogP contribution in [0.5, 0.6) is 5.75 Å². The minimum Gasteiger partial charge on any atom is -0.497 e. The number of methoxy groups -OCH3 is 1. The predicted molar refractivity (Wildman–Crippen MR) is 131 cm³/mol. The maximum atomic E-state index is 15.0. The van der Waals surface area contributed by atoms with E-state index in [1.807, 2.05) is 35.2 Å². The van der Waals surface area contributed by atoms with Crippen LogP contribution in [0.2, 0.25) is 0 Å². The van der Waals surface area contributed by atoms with E-state index in [1.165, 1.54) is 12.3 Å². The highest BCUT2D eigenvalue weighted by atomic mass is 19.1. The molecule has 2 unspecified atom stereocenters. The standard InChI is InChI=1S/C28H27F2N3O2/c1-17-11-21(16-31-27(17)30)25-10-5-19(14-26(25)29)20-12-22-6-7-23(13-20)33(22)28(34)32-15-18-3-8-24(35-2)9-4-18/h3-5,8-12,14,16,22-23H,6-7,13,15H2,1-2H3,(H,32,34). The summed E-state index contributed by atoms with van der Waals surface area (Å²) in [4.78, 5) is 18.6. The topological polar surface area (TPSA) is 54.5 Å². The number of hydrogen-bond donors (Lipinski definition) is 1. The number of nitrogens with zero attached hydrogens (tertiary/aromatic N) is 2. The molecule has 7 heteroatoms. The smallest absolute Gasteiger partial charge is 0.318 e. The SMILES string of the molecule is COc1ccc(CNC(=O)N2C3C=C(c4ccc(-c5cnc(F)c(C)c5)c(F)c4)CC2CC3)cc1. The van der Waals surface area contributed by atoms with Gasteiger partial charge in [-0.25, -0.2) is 14.2 Å². The molecule has 1 N–H and O–H groups in total. The van der Waals surface area contributed by atoms with E-state index in [0.717, 1.165) is 35.3 Å². The molecule has 2 aliphatic rings. The zero-order valence-electron chi connectivity index (χ0n) is 19.7. The van der Waals surface area contributed by atoms with Crippen molar-refractivity contribution in [3.63, 3.8) is 0 Å². The van der Waals surface area contributed by atoms with E-state index in [1.54, 1.807) is 26.2 Å². The number of pyridine rings is 1. The lowest BCUT2D eigenvalue weighted by molar-refractivity contribution is 0.179. The summed E-state index contributed by atoms with van der Waals surface area (Å²) < 4.78 is 33.7. The van der Waals surface area contributed by atoms with Crippen molar-refractivity contribution in [2.75, 3.05) is 7.11 Å². The molecule has 0 radical (unpaired) electrons. The number of ether oxygens (including phenoxy) is 1. The van der Waals surface area contributed by atoms with Crippen LogP contribution in [0.1, 0.15) is 36.0 Å². The van der Waals surface area contributed by atoms with Gasteiger partial charge in [-0.3, -0.25) is 0 Å². The van der Waals surface area contributed by atoms with Crippen LogP contribution in [-0.4, -0.2) is 35.1 Å². The van der Waals surface area contributed by atoms with E-state index in [-0.39, 0.29) is 23.9 Å². The number of halogens is 2. The van der Waals surface area contributed by atoms with Crippen LogP contribution < -0.4 is 10.1 Å². The second-order valence-electron chi connectivity index (χ2n) is 9.13. The lowest BCUT2D eigenvalue weighted by Gasteiger charge is -2.34. The number of rotatable bonds is 5. The van der Waals surface area contributed by atoms with Crippen LogP contribution in [0, 0.1) is 18.7 Å². The van der Waals surface area contributed by atoms with E-state index in [4.69, 9.17) is 4.74 Å². The summed E-state index contributed by atoms with van der Waals surface area (Å²) in [7, 11) is 1.62. The third-order valence-corrected chi connectivity index (χ3v) is 6.90. The van der Waals surface area contributed by atoms with Gasteiger partial charge in [0.15, 0.2) is 0 Å². The Morgan fingerprint density at radius 3 is 2.60 bits per heavy atom. The van der Waals surface area contributed by atoms with Gasteiger partial charge in [-0.2, -0.15) is 4.39 Å². The molecule has 0 spiro atoms. The van der Waals surface area contributed by atoms with Gasteiger partial charge < -0.3 is 15.0 Å². The molecule has 0 saturated carbocycles. The van der Waals surface area contributed by atoms with Crippen molar-refractivity contribution in [3.8, 4) is 16.9 Å². The Morgan fingerprint density at radius 2 is 1.91 bits per heavy atom. The first-order chi connectivity index (χ1) is 16.9. The van der Waals surface area contributed by atoms with Crippen molar-refractivity contribution < 1.29 is 18.3 Å². The second-order valence-corrected chi connectivity index (χ2v) is 9.13. The Balaban J connectivity index is 1.29. The molecule has 5 nitrogen and oxygen atoms in total. The molecule has 180 valence electrons. The van der Waals surface area contributed by atoms with Gasteiger partial charge >= 0.3 is 6.03 Å². The largest absolute Gasteiger partial charge is 0.497 e. The molecule has 1 fully saturated rings. The van der Waals surface area contributed by atoms with Crippen molar-refractivity contribution in [2.24, 2.45) is 0 Å². The van der Waals surface area contributed by atoms with Gasteiger partial charge in [-0.15, -0.1) is 0 Å². The van der Waals surface area contributed by atoms with Crippen LogP contribution in [-0.2, 0) is 6.54 Å². The minimum absolute atomic E-state index is 0.00805. The quantitative estimate of drug-likeness (QED) is 0.470. The van der Waals surface area contributed by atoms with Gasteiger partial charge in [0, 0.05) is 35.5 Å². The molecule has 3 heterocycles. The van der Waals surface area contributed by atoms with Crippen LogP contribution in [0.25, 0.3) is 16.7 Å². The molecule has 1 saturated heterocycles. The monoisotopic (exact) mass is 475 g/mol. The molecule has 2 aromatic carbocycles. The highest BCUT2D eigenvalue weighted by molar-refractivity contribution is 5.79. The maximum Gasteiger partial charge on any atom is 0.318 e. The van der Waals surface area contributed by atoms with E-state index in [2.05, 4.69) is 16.4 Å². The summed E-state index contributed by atoms with van der Waals surface area (Å²) >= 11 is 0. The summed E-state index contributed by atoms with van der Waals surface area (Å²) in [6.45, 7) is 2.05. The van der Waals surface area contributed by atoms with E-state index >= 15 is 4.39 Å². The zero-order chi connectivity index (χ0) is 24.5. The number of aromatic nitrogens is 1. The molecule has 2 aliphatic heterocycles. The van der Waals surface area contributed by atoms with Crippen molar-refractivity contribution in [2.45, 2.75) is 44.8 Å². The lowest BCUT2D eigenvalue weighted by atomic mass is 9.93. The van der Waals surface area contributed by atoms with Crippen molar-refractivity contribution in [1.82, 2.24) is 15.2 Å². The summed E-state index contributed by atoms with van der Waals surface area (Å²) in [6, 6.07) is 14.4. The molecule has 35 heavy (non-hydrogen) atoms. The molecule has 2 atom stereocenters. The summed E-state index contributed by atoms with van der Waals surface area (Å²) in [6.07, 6.45) is 5.94. The molecule has 1 aromatic heterocycles. The Bertz CT molecular complexity index is 1290. The number of hydrogen-bond acceptors (Lipinski definition) is 3. The van der Waals surface area contributed by atoms with Crippen molar-refractivity contribution in [3.05, 3.63) is 89.3 Å². The Morgan fingerprint density at radius 1 is 1.11 bits per heavy atom. The first kappa shape index (κ1) is 23.0. The normalized spacial score (nSPS) is 18.9. The van der Waals surface area contributed by atoms with Gasteiger partial charge in [0.1, 0.15) is 11.6 Å². The first-order valence-corrected chi connectivity index (χ1v) is 11.7. The average molecular weight is 476 g/mol. The van der Waals surface area contributed by atoms with Crippen LogP contribution in [0.15, 0.2) is 60.8 Å². The Labute approximate surface area is 203 Å². The molecule has 5 rings (SSSR count). The Kier molecular flexibility index (Phi) is 6.24. The van der Waals surface area contributed by atoms with Crippen LogP contribution in [0.3, 0.4) is 0 Å². The first-order valence-electron chi connectivity index (χ1n) is 11.7. The maximum absolute atomic E-state index is 15.0. The molecular formula is C28H27F2N3O2. The van der Waals surface area contributed by atoms with Gasteiger partial charge in [0.25, 0.3) is 0 Å². The Hall–Kier alpha value is -3.74. The molecule has 2 bridgehead atoms. The third kappa shape index (κ3) is 4.63. The number of nitrogens with one attached hydrogen (secondary N) is 1. The average Bonchev–Trinajstić information content (AvgIpc) is 3.13.